The van der Waals surface area contributed by atoms with E-state index in [0.29, 0.717) is 30.8 Å². The molecule has 1 heterocycles. The molecule has 0 radical (unpaired) electrons. The minimum absolute atomic E-state index is 0.129. The maximum Gasteiger partial charge on any atom is 0.144 e. The highest BCUT2D eigenvalue weighted by molar-refractivity contribution is 9.10. The highest BCUT2D eigenvalue weighted by Gasteiger charge is 2.24. The molecule has 0 bridgehead atoms. The molecule has 1 aromatic rings. The molecule has 0 N–H and O–H groups in total. The molecular weight excluding hydrogens is 304 g/mol. The third-order valence-corrected chi connectivity index (χ3v) is 3.93. The second kappa shape index (κ2) is 6.08. The van der Waals surface area contributed by atoms with Crippen molar-refractivity contribution in [1.82, 2.24) is 4.90 Å². The Kier molecular flexibility index (Phi) is 4.70. The first kappa shape index (κ1) is 13.9. The van der Waals surface area contributed by atoms with Crippen molar-refractivity contribution in [1.29, 1.82) is 0 Å². The predicted molar refractivity (Wildman–Crippen MR) is 69.4 cm³/mol. The maximum atomic E-state index is 13.9. The van der Waals surface area contributed by atoms with E-state index in [9.17, 15) is 8.78 Å². The van der Waals surface area contributed by atoms with Crippen molar-refractivity contribution in [3.8, 4) is 0 Å². The van der Waals surface area contributed by atoms with Crippen molar-refractivity contribution >= 4 is 15.9 Å². The molecule has 0 amide bonds. The Morgan fingerprint density at radius 3 is 2.94 bits per heavy atom. The molecule has 2 rings (SSSR count). The minimum atomic E-state index is -0.503. The van der Waals surface area contributed by atoms with E-state index in [-0.39, 0.29) is 11.6 Å². The number of ether oxygens (including phenoxy) is 1. The number of morpholine rings is 1. The lowest BCUT2D eigenvalue weighted by molar-refractivity contribution is -0.0136. The number of halogens is 3. The molecule has 2 nitrogen and oxygen atoms in total. The van der Waals surface area contributed by atoms with Crippen molar-refractivity contribution < 1.29 is 13.5 Å². The smallest absolute Gasteiger partial charge is 0.144 e. The van der Waals surface area contributed by atoms with Gasteiger partial charge in [0.15, 0.2) is 0 Å². The second-order valence-corrected chi connectivity index (χ2v) is 5.28. The number of hydrogen-bond donors (Lipinski definition) is 0. The van der Waals surface area contributed by atoms with Gasteiger partial charge in [0.2, 0.25) is 0 Å². The number of rotatable bonds is 3. The van der Waals surface area contributed by atoms with Crippen molar-refractivity contribution in [2.24, 2.45) is 0 Å². The molecule has 5 heteroatoms. The topological polar surface area (TPSA) is 12.5 Å². The van der Waals surface area contributed by atoms with Crippen LogP contribution in [-0.4, -0.2) is 30.7 Å². The predicted octanol–water partition coefficient (Wildman–Crippen LogP) is 3.34. The molecule has 100 valence electrons. The van der Waals surface area contributed by atoms with E-state index >= 15 is 0 Å². The largest absolute Gasteiger partial charge is 0.378 e. The van der Waals surface area contributed by atoms with E-state index in [4.69, 9.17) is 4.74 Å². The van der Waals surface area contributed by atoms with Crippen LogP contribution in [0.1, 0.15) is 18.9 Å². The van der Waals surface area contributed by atoms with Gasteiger partial charge in [-0.05, 0) is 34.5 Å². The van der Waals surface area contributed by atoms with Gasteiger partial charge in [0.25, 0.3) is 0 Å². The maximum absolute atomic E-state index is 13.9. The van der Waals surface area contributed by atoms with Crippen LogP contribution in [0.3, 0.4) is 0 Å². The van der Waals surface area contributed by atoms with Gasteiger partial charge >= 0.3 is 0 Å². The standard InChI is InChI=1S/C13H16BrF2NO/c1-2-9-8-18-6-5-17(9)7-10-12(15)4-3-11(14)13(10)16/h3-4,9H,2,5-8H2,1H3. The van der Waals surface area contributed by atoms with Crippen LogP contribution in [0.15, 0.2) is 16.6 Å². The fraction of sp³-hybridized carbons (Fsp3) is 0.538. The summed E-state index contributed by atoms with van der Waals surface area (Å²) in [4.78, 5) is 2.08. The molecule has 1 aliphatic rings. The van der Waals surface area contributed by atoms with E-state index in [1.54, 1.807) is 0 Å². The Hall–Kier alpha value is -0.520. The van der Waals surface area contributed by atoms with Crippen LogP contribution in [-0.2, 0) is 11.3 Å². The summed E-state index contributed by atoms with van der Waals surface area (Å²) in [5, 5.41) is 0. The zero-order valence-corrected chi connectivity index (χ0v) is 11.8. The van der Waals surface area contributed by atoms with E-state index in [0.717, 1.165) is 6.42 Å². The number of nitrogens with zero attached hydrogens (tertiary/aromatic N) is 1. The van der Waals surface area contributed by atoms with Crippen molar-refractivity contribution in [2.45, 2.75) is 25.9 Å². The molecule has 0 spiro atoms. The van der Waals surface area contributed by atoms with Gasteiger partial charge in [-0.3, -0.25) is 4.90 Å². The van der Waals surface area contributed by atoms with Gasteiger partial charge in [-0.1, -0.05) is 6.92 Å². The van der Waals surface area contributed by atoms with Crippen molar-refractivity contribution in [3.63, 3.8) is 0 Å². The Labute approximate surface area is 114 Å². The van der Waals surface area contributed by atoms with Gasteiger partial charge in [0, 0.05) is 24.7 Å². The zero-order chi connectivity index (χ0) is 13.1. The number of benzene rings is 1. The van der Waals surface area contributed by atoms with Crippen LogP contribution in [0, 0.1) is 11.6 Å². The first-order valence-electron chi connectivity index (χ1n) is 6.07. The average molecular weight is 320 g/mol. The molecule has 1 aromatic carbocycles. The first-order valence-corrected chi connectivity index (χ1v) is 6.87. The fourth-order valence-electron chi connectivity index (χ4n) is 2.19. The van der Waals surface area contributed by atoms with Gasteiger partial charge < -0.3 is 4.74 Å². The molecule has 1 unspecified atom stereocenters. The van der Waals surface area contributed by atoms with Gasteiger partial charge in [-0.15, -0.1) is 0 Å². The van der Waals surface area contributed by atoms with Crippen molar-refractivity contribution in [2.75, 3.05) is 19.8 Å². The van der Waals surface area contributed by atoms with Crippen molar-refractivity contribution in [3.05, 3.63) is 33.8 Å². The van der Waals surface area contributed by atoms with Crippen LogP contribution in [0.5, 0.6) is 0 Å². The van der Waals surface area contributed by atoms with Crippen LogP contribution >= 0.6 is 15.9 Å². The monoisotopic (exact) mass is 319 g/mol. The van der Waals surface area contributed by atoms with Gasteiger partial charge in [-0.25, -0.2) is 8.78 Å². The summed E-state index contributed by atoms with van der Waals surface area (Å²) in [5.74, 6) is -0.992. The summed E-state index contributed by atoms with van der Waals surface area (Å²) in [6.45, 7) is 4.31. The lowest BCUT2D eigenvalue weighted by Crippen LogP contribution is -2.44. The van der Waals surface area contributed by atoms with E-state index in [1.165, 1.54) is 12.1 Å². The number of hydrogen-bond acceptors (Lipinski definition) is 2. The highest BCUT2D eigenvalue weighted by Crippen LogP contribution is 2.24. The Morgan fingerprint density at radius 1 is 1.44 bits per heavy atom. The van der Waals surface area contributed by atoms with Gasteiger partial charge in [0.05, 0.1) is 17.7 Å². The first-order chi connectivity index (χ1) is 8.63. The lowest BCUT2D eigenvalue weighted by Gasteiger charge is -2.35. The molecule has 0 aromatic heterocycles. The van der Waals surface area contributed by atoms with Crippen LogP contribution < -0.4 is 0 Å². The molecule has 1 fully saturated rings. The van der Waals surface area contributed by atoms with Crippen LogP contribution in [0.4, 0.5) is 8.78 Å². The third kappa shape index (κ3) is 2.90. The minimum Gasteiger partial charge on any atom is -0.378 e. The summed E-state index contributed by atoms with van der Waals surface area (Å²) in [6.07, 6.45) is 0.914. The molecule has 1 aliphatic heterocycles. The van der Waals surface area contributed by atoms with Crippen LogP contribution in [0.2, 0.25) is 0 Å². The SMILES string of the molecule is CCC1COCCN1Cc1c(F)ccc(Br)c1F. The Morgan fingerprint density at radius 2 is 2.22 bits per heavy atom. The normalized spacial score (nSPS) is 21.2. The Balaban J connectivity index is 2.20. The fourth-order valence-corrected chi connectivity index (χ4v) is 2.56. The second-order valence-electron chi connectivity index (χ2n) is 4.43. The molecular formula is C13H16BrF2NO. The molecule has 0 saturated carbocycles. The average Bonchev–Trinajstić information content (AvgIpc) is 2.39. The zero-order valence-electron chi connectivity index (χ0n) is 10.3. The van der Waals surface area contributed by atoms with E-state index in [2.05, 4.69) is 27.8 Å². The summed E-state index contributed by atoms with van der Waals surface area (Å²) in [6, 6.07) is 2.92. The quantitative estimate of drug-likeness (QED) is 0.792. The summed E-state index contributed by atoms with van der Waals surface area (Å²) in [5.41, 5.74) is 0.129. The van der Waals surface area contributed by atoms with Gasteiger partial charge in [-0.2, -0.15) is 0 Å². The molecule has 18 heavy (non-hydrogen) atoms. The lowest BCUT2D eigenvalue weighted by atomic mass is 10.1. The summed E-state index contributed by atoms with van der Waals surface area (Å²) >= 11 is 3.09. The highest BCUT2D eigenvalue weighted by atomic mass is 79.9. The van der Waals surface area contributed by atoms with E-state index < -0.39 is 11.6 Å². The van der Waals surface area contributed by atoms with Crippen LogP contribution in [0.25, 0.3) is 0 Å². The third-order valence-electron chi connectivity index (χ3n) is 3.32. The molecule has 1 atom stereocenters. The summed E-state index contributed by atoms with van der Waals surface area (Å²) < 4.78 is 33.3. The Bertz CT molecular complexity index is 428. The van der Waals surface area contributed by atoms with Gasteiger partial charge in [0.1, 0.15) is 11.6 Å². The summed E-state index contributed by atoms with van der Waals surface area (Å²) in [7, 11) is 0. The molecule has 1 saturated heterocycles. The molecule has 0 aliphatic carbocycles. The van der Waals surface area contributed by atoms with E-state index in [1.807, 2.05) is 0 Å².